The summed E-state index contributed by atoms with van der Waals surface area (Å²) < 4.78 is 16.9. The zero-order valence-electron chi connectivity index (χ0n) is 14.8. The first kappa shape index (κ1) is 18.0. The molecule has 0 unspecified atom stereocenters. The molecular formula is C20H16N2O5. The van der Waals surface area contributed by atoms with Crippen LogP contribution in [0, 0.1) is 11.3 Å². The van der Waals surface area contributed by atoms with Crippen LogP contribution < -0.4 is 0 Å². The van der Waals surface area contributed by atoms with Crippen LogP contribution in [0.15, 0.2) is 52.5 Å². The fraction of sp³-hybridized carbons (Fsp3) is 0.150. The molecule has 3 aromatic rings. The predicted octanol–water partition coefficient (Wildman–Crippen LogP) is 3.15. The van der Waals surface area contributed by atoms with Crippen LogP contribution in [-0.4, -0.2) is 30.7 Å². The summed E-state index contributed by atoms with van der Waals surface area (Å²) in [7, 11) is 2.51. The highest BCUT2D eigenvalue weighted by atomic mass is 16.5. The monoisotopic (exact) mass is 364 g/mol. The molecule has 2 heterocycles. The fourth-order valence-corrected chi connectivity index (χ4v) is 2.72. The SMILES string of the molecule is COC(=O)/C(C#N)=C/c1cc2cc(C(=O)OC)n(Cc3ccccc3)c2o1. The Morgan fingerprint density at radius 2 is 1.93 bits per heavy atom. The maximum Gasteiger partial charge on any atom is 0.354 e. The van der Waals surface area contributed by atoms with Crippen LogP contribution in [0.25, 0.3) is 17.2 Å². The van der Waals surface area contributed by atoms with Gasteiger partial charge in [0.1, 0.15) is 23.1 Å². The Kier molecular flexibility index (Phi) is 5.08. The van der Waals surface area contributed by atoms with E-state index in [-0.39, 0.29) is 5.57 Å². The van der Waals surface area contributed by atoms with Gasteiger partial charge in [0.05, 0.1) is 20.8 Å². The average Bonchev–Trinajstić information content (AvgIpc) is 3.24. The Balaban J connectivity index is 2.09. The third-order valence-corrected chi connectivity index (χ3v) is 3.98. The van der Waals surface area contributed by atoms with Crippen molar-refractivity contribution in [2.75, 3.05) is 14.2 Å². The van der Waals surface area contributed by atoms with Crippen LogP contribution in [0.3, 0.4) is 0 Å². The number of hydrogen-bond acceptors (Lipinski definition) is 6. The van der Waals surface area contributed by atoms with Gasteiger partial charge in [0.2, 0.25) is 5.71 Å². The number of rotatable bonds is 5. The van der Waals surface area contributed by atoms with Crippen molar-refractivity contribution in [1.82, 2.24) is 4.57 Å². The lowest BCUT2D eigenvalue weighted by Crippen LogP contribution is -2.11. The second kappa shape index (κ2) is 7.62. The topological polar surface area (TPSA) is 94.5 Å². The summed E-state index contributed by atoms with van der Waals surface area (Å²) in [6, 6.07) is 14.6. The van der Waals surface area contributed by atoms with Gasteiger partial charge in [-0.3, -0.25) is 0 Å². The summed E-state index contributed by atoms with van der Waals surface area (Å²) in [5, 5.41) is 9.74. The maximum absolute atomic E-state index is 12.1. The van der Waals surface area contributed by atoms with E-state index in [0.717, 1.165) is 5.56 Å². The van der Waals surface area contributed by atoms with E-state index in [1.54, 1.807) is 22.8 Å². The molecule has 0 radical (unpaired) electrons. The van der Waals surface area contributed by atoms with Crippen LogP contribution in [0.5, 0.6) is 0 Å². The van der Waals surface area contributed by atoms with E-state index in [2.05, 4.69) is 4.74 Å². The van der Waals surface area contributed by atoms with Crippen molar-refractivity contribution in [3.8, 4) is 6.07 Å². The van der Waals surface area contributed by atoms with Crippen LogP contribution in [0.2, 0.25) is 0 Å². The molecule has 27 heavy (non-hydrogen) atoms. The first-order valence-electron chi connectivity index (χ1n) is 8.02. The van der Waals surface area contributed by atoms with Crippen molar-refractivity contribution in [1.29, 1.82) is 5.26 Å². The molecule has 0 spiro atoms. The number of furan rings is 1. The van der Waals surface area contributed by atoms with Gasteiger partial charge in [-0.2, -0.15) is 5.26 Å². The second-order valence-electron chi connectivity index (χ2n) is 5.66. The molecule has 0 amide bonds. The molecule has 7 nitrogen and oxygen atoms in total. The van der Waals surface area contributed by atoms with Gasteiger partial charge >= 0.3 is 11.9 Å². The maximum atomic E-state index is 12.1. The Morgan fingerprint density at radius 3 is 2.56 bits per heavy atom. The quantitative estimate of drug-likeness (QED) is 0.392. The molecule has 0 N–H and O–H groups in total. The van der Waals surface area contributed by atoms with Crippen molar-refractivity contribution in [3.05, 3.63) is 65.1 Å². The van der Waals surface area contributed by atoms with Gasteiger partial charge in [-0.25, -0.2) is 9.59 Å². The second-order valence-corrected chi connectivity index (χ2v) is 5.66. The molecule has 0 aliphatic carbocycles. The molecule has 7 heteroatoms. The highest BCUT2D eigenvalue weighted by molar-refractivity contribution is 5.99. The van der Waals surface area contributed by atoms with Gasteiger partial charge in [-0.15, -0.1) is 0 Å². The summed E-state index contributed by atoms with van der Waals surface area (Å²) in [5.41, 5.74) is 1.57. The lowest BCUT2D eigenvalue weighted by atomic mass is 10.2. The number of fused-ring (bicyclic) bond motifs is 1. The molecule has 3 rings (SSSR count). The van der Waals surface area contributed by atoms with Gasteiger partial charge < -0.3 is 18.5 Å². The lowest BCUT2D eigenvalue weighted by Gasteiger charge is -2.08. The molecule has 0 fully saturated rings. The average molecular weight is 364 g/mol. The van der Waals surface area contributed by atoms with Crippen molar-refractivity contribution in [2.24, 2.45) is 0 Å². The van der Waals surface area contributed by atoms with Crippen LogP contribution >= 0.6 is 0 Å². The normalized spacial score (nSPS) is 11.2. The number of ether oxygens (including phenoxy) is 2. The number of methoxy groups -OCH3 is 2. The summed E-state index contributed by atoms with van der Waals surface area (Å²) in [6.45, 7) is 0.396. The molecule has 0 aliphatic heterocycles. The Morgan fingerprint density at radius 1 is 1.19 bits per heavy atom. The number of nitriles is 1. The number of carbonyl (C=O) groups is 2. The molecule has 1 aromatic carbocycles. The molecule has 2 aromatic heterocycles. The Labute approximate surface area is 155 Å². The number of benzene rings is 1. The first-order chi connectivity index (χ1) is 13.1. The van der Waals surface area contributed by atoms with E-state index in [0.29, 0.717) is 29.1 Å². The lowest BCUT2D eigenvalue weighted by molar-refractivity contribution is -0.135. The fourth-order valence-electron chi connectivity index (χ4n) is 2.72. The van der Waals surface area contributed by atoms with E-state index in [1.165, 1.54) is 20.3 Å². The van der Waals surface area contributed by atoms with Crippen molar-refractivity contribution < 1.29 is 23.5 Å². The first-order valence-corrected chi connectivity index (χ1v) is 8.02. The summed E-state index contributed by atoms with van der Waals surface area (Å²) in [5.74, 6) is -0.928. The van der Waals surface area contributed by atoms with Crippen LogP contribution in [0.1, 0.15) is 21.8 Å². The summed E-state index contributed by atoms with van der Waals surface area (Å²) in [6.07, 6.45) is 1.30. The van der Waals surface area contributed by atoms with Crippen LogP contribution in [-0.2, 0) is 20.8 Å². The molecule has 0 saturated carbocycles. The van der Waals surface area contributed by atoms with Crippen molar-refractivity contribution in [3.63, 3.8) is 0 Å². The Hall–Kier alpha value is -3.79. The van der Waals surface area contributed by atoms with E-state index < -0.39 is 11.9 Å². The minimum atomic E-state index is -0.749. The van der Waals surface area contributed by atoms with Gasteiger partial charge in [0.15, 0.2) is 0 Å². The van der Waals surface area contributed by atoms with E-state index in [9.17, 15) is 9.59 Å². The molecule has 0 aliphatic rings. The van der Waals surface area contributed by atoms with Crippen LogP contribution in [0.4, 0.5) is 0 Å². The van der Waals surface area contributed by atoms with Crippen molar-refractivity contribution >= 4 is 29.1 Å². The van der Waals surface area contributed by atoms with E-state index >= 15 is 0 Å². The van der Waals surface area contributed by atoms with E-state index in [1.807, 2.05) is 30.3 Å². The third-order valence-electron chi connectivity index (χ3n) is 3.98. The molecule has 0 atom stereocenters. The highest BCUT2D eigenvalue weighted by Crippen LogP contribution is 2.27. The van der Waals surface area contributed by atoms with E-state index in [4.69, 9.17) is 14.4 Å². The number of nitrogens with zero attached hydrogens (tertiary/aromatic N) is 2. The molecular weight excluding hydrogens is 348 g/mol. The number of carbonyl (C=O) groups excluding carboxylic acids is 2. The molecule has 136 valence electrons. The summed E-state index contributed by atoms with van der Waals surface area (Å²) >= 11 is 0. The molecule has 0 saturated heterocycles. The van der Waals surface area contributed by atoms with Crippen molar-refractivity contribution in [2.45, 2.75) is 6.54 Å². The molecule has 0 bridgehead atoms. The third kappa shape index (κ3) is 3.60. The number of hydrogen-bond donors (Lipinski definition) is 0. The minimum Gasteiger partial charge on any atom is -0.465 e. The zero-order chi connectivity index (χ0) is 19.4. The smallest absolute Gasteiger partial charge is 0.354 e. The number of esters is 2. The minimum absolute atomic E-state index is 0.184. The van der Waals surface area contributed by atoms with Gasteiger partial charge in [-0.1, -0.05) is 30.3 Å². The zero-order valence-corrected chi connectivity index (χ0v) is 14.8. The largest absolute Gasteiger partial charge is 0.465 e. The summed E-state index contributed by atoms with van der Waals surface area (Å²) in [4.78, 5) is 23.7. The van der Waals surface area contributed by atoms with Gasteiger partial charge in [0.25, 0.3) is 0 Å². The highest BCUT2D eigenvalue weighted by Gasteiger charge is 2.20. The predicted molar refractivity (Wildman–Crippen MR) is 96.7 cm³/mol. The standard InChI is InChI=1S/C20H16N2O5/c1-25-19(23)15(11-21)9-16-8-14-10-17(20(24)26-2)22(18(14)27-16)12-13-6-4-3-5-7-13/h3-10H,12H2,1-2H3/b15-9+. The van der Waals surface area contributed by atoms with Gasteiger partial charge in [0, 0.05) is 11.5 Å². The Bertz CT molecular complexity index is 1070. The number of aromatic nitrogens is 1. The van der Waals surface area contributed by atoms with Gasteiger partial charge in [-0.05, 0) is 17.7 Å².